The van der Waals surface area contributed by atoms with Crippen LogP contribution < -0.4 is 9.47 Å². The van der Waals surface area contributed by atoms with Crippen molar-refractivity contribution in [3.8, 4) is 11.5 Å². The zero-order valence-electron chi connectivity index (χ0n) is 31.2. The molecule has 0 radical (unpaired) electrons. The molecule has 6 rings (SSSR count). The molecule has 10 heteroatoms. The van der Waals surface area contributed by atoms with Gasteiger partial charge in [0.1, 0.15) is 0 Å². The lowest BCUT2D eigenvalue weighted by Crippen LogP contribution is -2.44. The fourth-order valence-electron chi connectivity index (χ4n) is 6.94. The predicted octanol–water partition coefficient (Wildman–Crippen LogP) is 6.98. The molecule has 1 saturated heterocycles. The molecule has 0 bridgehead atoms. The van der Waals surface area contributed by atoms with E-state index in [9.17, 15) is 24.0 Å². The van der Waals surface area contributed by atoms with Crippen molar-refractivity contribution in [2.24, 2.45) is 11.8 Å². The molecule has 0 amide bonds. The molecule has 4 aromatic carbocycles. The van der Waals surface area contributed by atoms with Gasteiger partial charge in [-0.1, -0.05) is 66.7 Å². The number of ketones is 3. The number of hydrogen-bond donors (Lipinski definition) is 0. The average Bonchev–Trinajstić information content (AvgIpc) is 3.50. The smallest absolute Gasteiger partial charge is 0.338 e. The van der Waals surface area contributed by atoms with E-state index in [4.69, 9.17) is 18.9 Å². The largest absolute Gasteiger partial charge is 0.493 e. The van der Waals surface area contributed by atoms with E-state index in [1.54, 1.807) is 50.6 Å². The standard InChI is InChI=1S/C24H29NO3.C20H18O6/c1-27-22-14-19-13-20(24(26)21(19)15-23(22)28-2)12-17-8-10-25(11-9-17)16-18-6-4-3-5-7-18;1-13(21)17(25-19(23)15-9-5-3-6-10-15)18(14(2)22)26-20(24)16-11-7-4-8-12-16/h3-7,14-15,17,20H,8-13,16H2,1-2H3;3-12,17-18H,1-2H3/t;17-,18+. The number of piperidine rings is 1. The fourth-order valence-corrected chi connectivity index (χ4v) is 6.94. The van der Waals surface area contributed by atoms with E-state index < -0.39 is 35.7 Å². The van der Waals surface area contributed by atoms with Crippen LogP contribution in [0.15, 0.2) is 103 Å². The number of fused-ring (bicyclic) bond motifs is 1. The summed E-state index contributed by atoms with van der Waals surface area (Å²) in [5, 5.41) is 0. The van der Waals surface area contributed by atoms with Crippen LogP contribution in [0.1, 0.15) is 75.3 Å². The first-order valence-electron chi connectivity index (χ1n) is 18.2. The summed E-state index contributed by atoms with van der Waals surface area (Å²) in [5.41, 5.74) is 3.74. The van der Waals surface area contributed by atoms with Crippen molar-refractivity contribution in [2.45, 2.75) is 58.3 Å². The molecular weight excluding hydrogens is 686 g/mol. The molecular formula is C44H47NO9. The highest BCUT2D eigenvalue weighted by Crippen LogP contribution is 2.39. The van der Waals surface area contributed by atoms with Gasteiger partial charge in [-0.15, -0.1) is 0 Å². The van der Waals surface area contributed by atoms with Crippen LogP contribution in [0.2, 0.25) is 0 Å². The Morgan fingerprint density at radius 1 is 0.685 bits per heavy atom. The van der Waals surface area contributed by atoms with Crippen LogP contribution in [0.3, 0.4) is 0 Å². The molecule has 1 heterocycles. The molecule has 2 aliphatic rings. The van der Waals surface area contributed by atoms with E-state index in [0.717, 1.165) is 57.5 Å². The van der Waals surface area contributed by atoms with Crippen LogP contribution in [-0.4, -0.2) is 73.7 Å². The Morgan fingerprint density at radius 3 is 1.61 bits per heavy atom. The van der Waals surface area contributed by atoms with Crippen LogP contribution in [0.4, 0.5) is 0 Å². The van der Waals surface area contributed by atoms with Crippen molar-refractivity contribution in [1.29, 1.82) is 0 Å². The maximum absolute atomic E-state index is 12.9. The van der Waals surface area contributed by atoms with Gasteiger partial charge in [-0.05, 0) is 106 Å². The SMILES string of the molecule is CC(=O)[C@@H](OC(=O)c1ccccc1)[C@@H](OC(=O)c1ccccc1)C(C)=O.COc1cc2c(cc1OC)C(=O)C(CC1CCN(Cc3ccccc3)CC1)C2. The number of carbonyl (C=O) groups excluding carboxylic acids is 5. The van der Waals surface area contributed by atoms with Gasteiger partial charge in [-0.25, -0.2) is 9.59 Å². The van der Waals surface area contributed by atoms with Crippen LogP contribution in [0.25, 0.3) is 0 Å². The summed E-state index contributed by atoms with van der Waals surface area (Å²) in [4.78, 5) is 63.8. The van der Waals surface area contributed by atoms with E-state index >= 15 is 0 Å². The van der Waals surface area contributed by atoms with Crippen LogP contribution in [-0.2, 0) is 32.0 Å². The summed E-state index contributed by atoms with van der Waals surface area (Å²) in [5.74, 6) is -0.390. The van der Waals surface area contributed by atoms with Gasteiger partial charge in [0.15, 0.2) is 28.8 Å². The van der Waals surface area contributed by atoms with E-state index in [1.807, 2.05) is 12.1 Å². The number of nitrogens with zero attached hydrogens (tertiary/aromatic N) is 1. The lowest BCUT2D eigenvalue weighted by atomic mass is 9.85. The number of methoxy groups -OCH3 is 2. The highest BCUT2D eigenvalue weighted by Gasteiger charge is 2.37. The van der Waals surface area contributed by atoms with E-state index in [2.05, 4.69) is 35.2 Å². The van der Waals surface area contributed by atoms with Crippen molar-refractivity contribution in [3.05, 3.63) is 131 Å². The van der Waals surface area contributed by atoms with Gasteiger partial charge >= 0.3 is 11.9 Å². The minimum atomic E-state index is -1.52. The van der Waals surface area contributed by atoms with Crippen LogP contribution in [0.5, 0.6) is 11.5 Å². The van der Waals surface area contributed by atoms with Crippen LogP contribution in [0, 0.1) is 11.8 Å². The molecule has 0 spiro atoms. The molecule has 1 fully saturated rings. The number of likely N-dealkylation sites (tertiary alicyclic amines) is 1. The summed E-state index contributed by atoms with van der Waals surface area (Å²) >= 11 is 0. The Hall–Kier alpha value is -5.61. The third-order valence-corrected chi connectivity index (χ3v) is 9.85. The third-order valence-electron chi connectivity index (χ3n) is 9.85. The monoisotopic (exact) mass is 733 g/mol. The van der Waals surface area contributed by atoms with Gasteiger partial charge in [-0.2, -0.15) is 0 Å². The normalized spacial score (nSPS) is 16.5. The maximum atomic E-state index is 12.9. The molecule has 1 unspecified atom stereocenters. The van der Waals surface area contributed by atoms with Crippen molar-refractivity contribution in [1.82, 2.24) is 4.90 Å². The molecule has 0 saturated carbocycles. The summed E-state index contributed by atoms with van der Waals surface area (Å²) in [6.07, 6.45) is 1.15. The molecule has 10 nitrogen and oxygen atoms in total. The fraction of sp³-hybridized carbons (Fsp3) is 0.341. The zero-order chi connectivity index (χ0) is 38.6. The Kier molecular flexibility index (Phi) is 13.9. The lowest BCUT2D eigenvalue weighted by Gasteiger charge is -2.32. The van der Waals surface area contributed by atoms with E-state index in [-0.39, 0.29) is 22.8 Å². The number of rotatable bonds is 13. The highest BCUT2D eigenvalue weighted by molar-refractivity contribution is 6.03. The van der Waals surface area contributed by atoms with E-state index in [1.165, 1.54) is 42.7 Å². The number of ether oxygens (including phenoxy) is 4. The lowest BCUT2D eigenvalue weighted by molar-refractivity contribution is -0.142. The zero-order valence-corrected chi connectivity index (χ0v) is 31.2. The molecule has 0 aromatic heterocycles. The van der Waals surface area contributed by atoms with Gasteiger partial charge < -0.3 is 18.9 Å². The van der Waals surface area contributed by atoms with Crippen molar-refractivity contribution >= 4 is 29.3 Å². The number of hydrogen-bond acceptors (Lipinski definition) is 10. The molecule has 54 heavy (non-hydrogen) atoms. The number of benzene rings is 4. The first kappa shape index (κ1) is 39.6. The number of Topliss-reactive ketones (excluding diaryl/α,β-unsaturated/α-hetero) is 3. The molecule has 1 aliphatic carbocycles. The second-order valence-corrected chi connectivity index (χ2v) is 13.7. The Morgan fingerprint density at radius 2 is 1.15 bits per heavy atom. The van der Waals surface area contributed by atoms with Crippen LogP contribution >= 0.6 is 0 Å². The minimum Gasteiger partial charge on any atom is -0.493 e. The predicted molar refractivity (Wildman–Crippen MR) is 203 cm³/mol. The van der Waals surface area contributed by atoms with Crippen molar-refractivity contribution in [3.63, 3.8) is 0 Å². The van der Waals surface area contributed by atoms with Gasteiger partial charge in [0.2, 0.25) is 12.2 Å². The summed E-state index contributed by atoms with van der Waals surface area (Å²) in [6, 6.07) is 30.6. The average molecular weight is 734 g/mol. The quantitative estimate of drug-likeness (QED) is 0.133. The summed E-state index contributed by atoms with van der Waals surface area (Å²) in [7, 11) is 3.26. The second-order valence-electron chi connectivity index (χ2n) is 13.7. The Labute approximate surface area is 316 Å². The second kappa shape index (κ2) is 18.9. The Bertz CT molecular complexity index is 1840. The number of carbonyl (C=O) groups is 5. The highest BCUT2D eigenvalue weighted by atomic mass is 16.6. The van der Waals surface area contributed by atoms with Crippen molar-refractivity contribution in [2.75, 3.05) is 27.3 Å². The Balaban J connectivity index is 0.000000208. The number of esters is 2. The maximum Gasteiger partial charge on any atom is 0.338 e. The van der Waals surface area contributed by atoms with Gasteiger partial charge in [0, 0.05) is 18.0 Å². The topological polar surface area (TPSA) is 126 Å². The minimum absolute atomic E-state index is 0.109. The molecule has 3 atom stereocenters. The van der Waals surface area contributed by atoms with Gasteiger partial charge in [0.05, 0.1) is 25.3 Å². The summed E-state index contributed by atoms with van der Waals surface area (Å²) < 4.78 is 21.1. The first-order chi connectivity index (χ1) is 26.1. The van der Waals surface area contributed by atoms with Gasteiger partial charge in [0.25, 0.3) is 0 Å². The van der Waals surface area contributed by atoms with Gasteiger partial charge in [-0.3, -0.25) is 19.3 Å². The molecule has 4 aromatic rings. The molecule has 282 valence electrons. The molecule has 0 N–H and O–H groups in total. The first-order valence-corrected chi connectivity index (χ1v) is 18.2. The van der Waals surface area contributed by atoms with Crippen molar-refractivity contribution < 1.29 is 42.9 Å². The third kappa shape index (κ3) is 10.3. The summed E-state index contributed by atoms with van der Waals surface area (Å²) in [6.45, 7) is 5.59. The van der Waals surface area contributed by atoms with E-state index in [0.29, 0.717) is 17.4 Å². The molecule has 1 aliphatic heterocycles.